The highest BCUT2D eigenvalue weighted by Crippen LogP contribution is 2.31. The van der Waals surface area contributed by atoms with E-state index in [2.05, 4.69) is 10.3 Å². The van der Waals surface area contributed by atoms with Crippen molar-refractivity contribution in [3.8, 4) is 10.6 Å². The predicted octanol–water partition coefficient (Wildman–Crippen LogP) is 2.62. The molecule has 0 saturated heterocycles. The number of para-hydroxylation sites is 1. The molecule has 1 aromatic heterocycles. The Kier molecular flexibility index (Phi) is 4.24. The number of hydrogen-bond acceptors (Lipinski definition) is 6. The number of carbonyl (C=O) groups excluding carboxylic acids is 2. The van der Waals surface area contributed by atoms with Crippen molar-refractivity contribution in [3.05, 3.63) is 60.3 Å². The zero-order valence-electron chi connectivity index (χ0n) is 13.7. The smallest absolute Gasteiger partial charge is 0.277 e. The topological polar surface area (TPSA) is 82.5 Å². The lowest BCUT2D eigenvalue weighted by Gasteiger charge is -2.13. The van der Waals surface area contributed by atoms with Crippen molar-refractivity contribution in [1.82, 2.24) is 9.88 Å². The van der Waals surface area contributed by atoms with Crippen LogP contribution in [0.5, 0.6) is 0 Å². The summed E-state index contributed by atoms with van der Waals surface area (Å²) in [5, 5.41) is 12.9. The summed E-state index contributed by atoms with van der Waals surface area (Å²) in [6.07, 6.45) is 1.25. The molecule has 1 aliphatic rings. The summed E-state index contributed by atoms with van der Waals surface area (Å²) in [6, 6.07) is 15.5. The molecule has 0 fully saturated rings. The molecule has 2 N–H and O–H groups in total. The number of nitrogens with one attached hydrogen (secondary N) is 1. The van der Waals surface area contributed by atoms with Gasteiger partial charge >= 0.3 is 0 Å². The van der Waals surface area contributed by atoms with Crippen LogP contribution in [0.25, 0.3) is 20.8 Å². The van der Waals surface area contributed by atoms with Crippen molar-refractivity contribution < 1.29 is 14.7 Å². The third-order valence-electron chi connectivity index (χ3n) is 4.02. The Balaban J connectivity index is 1.59. The van der Waals surface area contributed by atoms with E-state index in [1.807, 2.05) is 48.5 Å². The normalized spacial score (nSPS) is 14.2. The van der Waals surface area contributed by atoms with Gasteiger partial charge in [0, 0.05) is 17.3 Å². The Morgan fingerprint density at radius 1 is 1.12 bits per heavy atom. The fourth-order valence-electron chi connectivity index (χ4n) is 2.79. The van der Waals surface area contributed by atoms with Gasteiger partial charge in [0.2, 0.25) is 0 Å². The molecular formula is C19H15N3O3S. The van der Waals surface area contributed by atoms with Crippen LogP contribution in [-0.4, -0.2) is 40.0 Å². The molecule has 0 spiro atoms. The lowest BCUT2D eigenvalue weighted by atomic mass is 10.2. The molecule has 0 atom stereocenters. The number of benzene rings is 2. The van der Waals surface area contributed by atoms with Gasteiger partial charge in [0.15, 0.2) is 0 Å². The number of β-amino-alcohol motifs (C(OH)–C–C–N with tert-alkyl or cyclic N) is 1. The molecule has 2 aromatic carbocycles. The number of fused-ring (bicyclic) bond motifs is 1. The van der Waals surface area contributed by atoms with Crippen molar-refractivity contribution in [2.75, 3.05) is 18.5 Å². The average Bonchev–Trinajstić information content (AvgIpc) is 3.19. The number of aliphatic hydroxyl groups is 1. The number of aromatic nitrogens is 1. The second-order valence-corrected chi connectivity index (χ2v) is 6.80. The molecule has 0 aliphatic carbocycles. The minimum Gasteiger partial charge on any atom is -0.395 e. The second-order valence-electron chi connectivity index (χ2n) is 5.77. The van der Waals surface area contributed by atoms with Gasteiger partial charge in [-0.25, -0.2) is 4.98 Å². The molecule has 6 nitrogen and oxygen atoms in total. The monoisotopic (exact) mass is 365 g/mol. The molecule has 4 rings (SSSR count). The Labute approximate surface area is 153 Å². The maximum atomic E-state index is 12.2. The number of amides is 2. The molecule has 0 saturated carbocycles. The van der Waals surface area contributed by atoms with Crippen molar-refractivity contribution in [3.63, 3.8) is 0 Å². The van der Waals surface area contributed by atoms with Crippen molar-refractivity contribution >= 4 is 39.1 Å². The number of rotatable bonds is 5. The Morgan fingerprint density at radius 2 is 1.96 bits per heavy atom. The van der Waals surface area contributed by atoms with Crippen LogP contribution >= 0.6 is 11.3 Å². The van der Waals surface area contributed by atoms with Crippen molar-refractivity contribution in [2.24, 2.45) is 0 Å². The number of nitrogens with zero attached hydrogens (tertiary/aromatic N) is 2. The van der Waals surface area contributed by atoms with Crippen LogP contribution in [0.15, 0.2) is 60.3 Å². The minimum atomic E-state index is -0.436. The molecule has 3 aromatic rings. The first-order chi connectivity index (χ1) is 12.7. The van der Waals surface area contributed by atoms with Gasteiger partial charge < -0.3 is 10.4 Å². The van der Waals surface area contributed by atoms with E-state index in [1.54, 1.807) is 11.3 Å². The molecule has 7 heteroatoms. The Hall–Kier alpha value is -3.03. The van der Waals surface area contributed by atoms with Crippen LogP contribution in [0.4, 0.5) is 5.69 Å². The summed E-state index contributed by atoms with van der Waals surface area (Å²) in [6.45, 7) is -0.267. The van der Waals surface area contributed by atoms with E-state index < -0.39 is 11.8 Å². The molecule has 2 amide bonds. The van der Waals surface area contributed by atoms with Gasteiger partial charge in [-0.05, 0) is 24.3 Å². The van der Waals surface area contributed by atoms with E-state index in [0.717, 1.165) is 25.7 Å². The quantitative estimate of drug-likeness (QED) is 0.679. The zero-order chi connectivity index (χ0) is 18.1. The first kappa shape index (κ1) is 16.4. The van der Waals surface area contributed by atoms with Crippen LogP contribution in [0.1, 0.15) is 0 Å². The van der Waals surface area contributed by atoms with Gasteiger partial charge in [-0.1, -0.05) is 24.3 Å². The first-order valence-electron chi connectivity index (χ1n) is 8.07. The molecule has 26 heavy (non-hydrogen) atoms. The molecule has 0 radical (unpaired) electrons. The third kappa shape index (κ3) is 2.98. The van der Waals surface area contributed by atoms with Crippen LogP contribution in [-0.2, 0) is 9.59 Å². The maximum Gasteiger partial charge on any atom is 0.277 e. The average molecular weight is 365 g/mol. The summed E-state index contributed by atoms with van der Waals surface area (Å²) < 4.78 is 1.11. The van der Waals surface area contributed by atoms with Gasteiger partial charge in [-0.2, -0.15) is 0 Å². The lowest BCUT2D eigenvalue weighted by molar-refractivity contribution is -0.137. The lowest BCUT2D eigenvalue weighted by Crippen LogP contribution is -2.34. The van der Waals surface area contributed by atoms with Gasteiger partial charge in [0.25, 0.3) is 11.8 Å². The van der Waals surface area contributed by atoms with E-state index in [9.17, 15) is 9.59 Å². The van der Waals surface area contributed by atoms with Crippen LogP contribution < -0.4 is 5.32 Å². The highest BCUT2D eigenvalue weighted by Gasteiger charge is 2.30. The summed E-state index contributed by atoms with van der Waals surface area (Å²) in [5.74, 6) is -0.858. The number of thiazole rings is 1. The molecule has 0 bridgehead atoms. The highest BCUT2D eigenvalue weighted by molar-refractivity contribution is 7.21. The summed E-state index contributed by atoms with van der Waals surface area (Å²) in [5.41, 5.74) is 2.77. The van der Waals surface area contributed by atoms with Crippen LogP contribution in [0.3, 0.4) is 0 Å². The van der Waals surface area contributed by atoms with E-state index in [-0.39, 0.29) is 18.8 Å². The van der Waals surface area contributed by atoms with Crippen LogP contribution in [0.2, 0.25) is 0 Å². The molecule has 1 aliphatic heterocycles. The second kappa shape index (κ2) is 6.70. The molecule has 130 valence electrons. The van der Waals surface area contributed by atoms with E-state index in [0.29, 0.717) is 5.69 Å². The molecule has 0 unspecified atom stereocenters. The largest absolute Gasteiger partial charge is 0.395 e. The van der Waals surface area contributed by atoms with Crippen LogP contribution in [0, 0.1) is 0 Å². The number of hydrogen-bond donors (Lipinski definition) is 2. The van der Waals surface area contributed by atoms with Crippen molar-refractivity contribution in [2.45, 2.75) is 0 Å². The van der Waals surface area contributed by atoms with Gasteiger partial charge in [-0.3, -0.25) is 14.5 Å². The number of anilines is 1. The van der Waals surface area contributed by atoms with Crippen molar-refractivity contribution in [1.29, 1.82) is 0 Å². The van der Waals surface area contributed by atoms with E-state index in [4.69, 9.17) is 5.11 Å². The highest BCUT2D eigenvalue weighted by atomic mass is 32.1. The standard InChI is InChI=1S/C19H15N3O3S/c23-9-8-22-17(24)11-15(19(22)25)20-13-5-3-4-12(10-13)18-21-14-6-1-2-7-16(14)26-18/h1-7,10-11,20,23H,8-9H2. The van der Waals surface area contributed by atoms with Gasteiger partial charge in [0.05, 0.1) is 23.4 Å². The predicted molar refractivity (Wildman–Crippen MR) is 101 cm³/mol. The molecular weight excluding hydrogens is 350 g/mol. The molecule has 2 heterocycles. The Morgan fingerprint density at radius 3 is 2.77 bits per heavy atom. The van der Waals surface area contributed by atoms with Gasteiger partial charge in [0.1, 0.15) is 10.7 Å². The Bertz CT molecular complexity index is 1010. The SMILES string of the molecule is O=C1C=C(Nc2cccc(-c3nc4ccccc4s3)c2)C(=O)N1CCO. The zero-order valence-corrected chi connectivity index (χ0v) is 14.5. The fourth-order valence-corrected chi connectivity index (χ4v) is 3.75. The van der Waals surface area contributed by atoms with E-state index in [1.165, 1.54) is 6.08 Å². The number of carbonyl (C=O) groups is 2. The number of aliphatic hydroxyl groups excluding tert-OH is 1. The maximum absolute atomic E-state index is 12.2. The third-order valence-corrected chi connectivity index (χ3v) is 5.10. The minimum absolute atomic E-state index is 0.00884. The fraction of sp³-hybridized carbons (Fsp3) is 0.105. The first-order valence-corrected chi connectivity index (χ1v) is 8.89. The van der Waals surface area contributed by atoms with Gasteiger partial charge in [-0.15, -0.1) is 11.3 Å². The van der Waals surface area contributed by atoms with E-state index >= 15 is 0 Å². The summed E-state index contributed by atoms with van der Waals surface area (Å²) in [4.78, 5) is 29.7. The summed E-state index contributed by atoms with van der Waals surface area (Å²) in [7, 11) is 0. The summed E-state index contributed by atoms with van der Waals surface area (Å²) >= 11 is 1.60. The number of imide groups is 1.